The smallest absolute Gasteiger partial charge is 0.185 e. The highest BCUT2D eigenvalue weighted by Gasteiger charge is 2.24. The summed E-state index contributed by atoms with van der Waals surface area (Å²) >= 11 is 1.84. The van der Waals surface area contributed by atoms with Crippen LogP contribution in [0.3, 0.4) is 0 Å². The number of hydrogen-bond donors (Lipinski definition) is 1. The third kappa shape index (κ3) is 4.46. The first-order valence-corrected chi connectivity index (χ1v) is 8.21. The van der Waals surface area contributed by atoms with Gasteiger partial charge in [0.15, 0.2) is 5.13 Å². The van der Waals surface area contributed by atoms with Gasteiger partial charge in [-0.05, 0) is 24.7 Å². The van der Waals surface area contributed by atoms with E-state index in [1.54, 1.807) is 0 Å². The zero-order chi connectivity index (χ0) is 13.9. The summed E-state index contributed by atoms with van der Waals surface area (Å²) in [6.07, 6.45) is 5.92. The highest BCUT2D eigenvalue weighted by Crippen LogP contribution is 2.32. The van der Waals surface area contributed by atoms with Gasteiger partial charge < -0.3 is 10.2 Å². The van der Waals surface area contributed by atoms with Gasteiger partial charge in [0.25, 0.3) is 0 Å². The van der Waals surface area contributed by atoms with Gasteiger partial charge in [-0.25, -0.2) is 4.98 Å². The minimum atomic E-state index is 0.494. The summed E-state index contributed by atoms with van der Waals surface area (Å²) in [7, 11) is 0. The standard InChI is InChI=1S/C15H27N3S/c1-12(2)16-10-13-11-17-14(19-13)18-8-5-6-15(3,4)7-9-18/h11-12,16H,5-10H2,1-4H3. The largest absolute Gasteiger partial charge is 0.348 e. The first kappa shape index (κ1) is 14.8. The van der Waals surface area contributed by atoms with Crippen LogP contribution in [-0.4, -0.2) is 24.1 Å². The van der Waals surface area contributed by atoms with Crippen molar-refractivity contribution in [2.24, 2.45) is 5.41 Å². The first-order chi connectivity index (χ1) is 8.96. The van der Waals surface area contributed by atoms with Crippen LogP contribution < -0.4 is 10.2 Å². The molecule has 0 radical (unpaired) electrons. The fourth-order valence-electron chi connectivity index (χ4n) is 2.44. The summed E-state index contributed by atoms with van der Waals surface area (Å²) in [5.41, 5.74) is 0.494. The summed E-state index contributed by atoms with van der Waals surface area (Å²) in [4.78, 5) is 8.42. The third-order valence-corrected chi connectivity index (χ3v) is 4.89. The second-order valence-electron chi connectivity index (χ2n) is 6.65. The van der Waals surface area contributed by atoms with E-state index >= 15 is 0 Å². The van der Waals surface area contributed by atoms with Crippen LogP contribution in [-0.2, 0) is 6.54 Å². The number of anilines is 1. The van der Waals surface area contributed by atoms with Crippen LogP contribution >= 0.6 is 11.3 Å². The molecule has 1 aliphatic rings. The molecular formula is C15H27N3S. The second-order valence-corrected chi connectivity index (χ2v) is 7.74. The molecule has 19 heavy (non-hydrogen) atoms. The van der Waals surface area contributed by atoms with Crippen molar-refractivity contribution in [2.45, 2.75) is 59.5 Å². The Balaban J connectivity index is 1.94. The molecule has 4 heteroatoms. The Labute approximate surface area is 121 Å². The van der Waals surface area contributed by atoms with E-state index in [0.29, 0.717) is 11.5 Å². The molecule has 0 unspecified atom stereocenters. The molecule has 0 aliphatic carbocycles. The molecule has 1 N–H and O–H groups in total. The van der Waals surface area contributed by atoms with E-state index in [2.05, 4.69) is 42.9 Å². The molecule has 1 aromatic heterocycles. The Morgan fingerprint density at radius 3 is 2.89 bits per heavy atom. The van der Waals surface area contributed by atoms with Gasteiger partial charge in [0.1, 0.15) is 0 Å². The molecule has 3 nitrogen and oxygen atoms in total. The van der Waals surface area contributed by atoms with Gasteiger partial charge in [0.05, 0.1) is 0 Å². The monoisotopic (exact) mass is 281 g/mol. The van der Waals surface area contributed by atoms with Gasteiger partial charge in [-0.2, -0.15) is 0 Å². The molecule has 2 heterocycles. The van der Waals surface area contributed by atoms with Gasteiger partial charge in [-0.1, -0.05) is 27.7 Å². The summed E-state index contributed by atoms with van der Waals surface area (Å²) < 4.78 is 0. The quantitative estimate of drug-likeness (QED) is 0.913. The first-order valence-electron chi connectivity index (χ1n) is 7.39. The Hall–Kier alpha value is -0.610. The molecular weight excluding hydrogens is 254 g/mol. The van der Waals surface area contributed by atoms with Crippen molar-refractivity contribution >= 4 is 16.5 Å². The molecule has 0 aromatic carbocycles. The van der Waals surface area contributed by atoms with E-state index in [1.165, 1.54) is 29.3 Å². The van der Waals surface area contributed by atoms with Crippen molar-refractivity contribution in [3.63, 3.8) is 0 Å². The SMILES string of the molecule is CC(C)NCc1cnc(N2CCCC(C)(C)CC2)s1. The Morgan fingerprint density at radius 2 is 2.16 bits per heavy atom. The van der Waals surface area contributed by atoms with Crippen LogP contribution in [0.1, 0.15) is 51.8 Å². The van der Waals surface area contributed by atoms with E-state index in [-0.39, 0.29) is 0 Å². The average Bonchev–Trinajstić information content (AvgIpc) is 2.72. The Bertz CT molecular complexity index is 398. The van der Waals surface area contributed by atoms with Crippen molar-refractivity contribution < 1.29 is 0 Å². The molecule has 0 amide bonds. The second kappa shape index (κ2) is 6.23. The van der Waals surface area contributed by atoms with Gasteiger partial charge >= 0.3 is 0 Å². The summed E-state index contributed by atoms with van der Waals surface area (Å²) in [5.74, 6) is 0. The molecule has 1 aliphatic heterocycles. The normalized spacial score (nSPS) is 19.7. The van der Waals surface area contributed by atoms with Crippen LogP contribution in [0.4, 0.5) is 5.13 Å². The molecule has 108 valence electrons. The fraction of sp³-hybridized carbons (Fsp3) is 0.800. The van der Waals surface area contributed by atoms with Crippen molar-refractivity contribution in [3.05, 3.63) is 11.1 Å². The third-order valence-electron chi connectivity index (χ3n) is 3.84. The number of nitrogens with one attached hydrogen (secondary N) is 1. The number of aromatic nitrogens is 1. The van der Waals surface area contributed by atoms with Crippen LogP contribution in [0.25, 0.3) is 0 Å². The topological polar surface area (TPSA) is 28.2 Å². The molecule has 1 fully saturated rings. The summed E-state index contributed by atoms with van der Waals surface area (Å²) in [5, 5.41) is 4.66. The van der Waals surface area contributed by atoms with E-state index in [1.807, 2.05) is 17.5 Å². The van der Waals surface area contributed by atoms with Crippen molar-refractivity contribution in [1.29, 1.82) is 0 Å². The lowest BCUT2D eigenvalue weighted by molar-refractivity contribution is 0.325. The van der Waals surface area contributed by atoms with Gasteiger partial charge in [0, 0.05) is 36.8 Å². The number of thiazole rings is 1. The predicted octanol–water partition coefficient (Wildman–Crippen LogP) is 3.66. The fourth-order valence-corrected chi connectivity index (χ4v) is 3.36. The summed E-state index contributed by atoms with van der Waals surface area (Å²) in [6, 6.07) is 0.532. The molecule has 1 saturated heterocycles. The maximum atomic E-state index is 4.61. The van der Waals surface area contributed by atoms with Gasteiger partial charge in [-0.15, -0.1) is 11.3 Å². The minimum Gasteiger partial charge on any atom is -0.348 e. The summed E-state index contributed by atoms with van der Waals surface area (Å²) in [6.45, 7) is 12.4. The number of rotatable bonds is 4. The van der Waals surface area contributed by atoms with Crippen molar-refractivity contribution in [2.75, 3.05) is 18.0 Å². The Kier molecular flexibility index (Phi) is 4.85. The maximum absolute atomic E-state index is 4.61. The molecule has 0 spiro atoms. The minimum absolute atomic E-state index is 0.494. The van der Waals surface area contributed by atoms with E-state index in [9.17, 15) is 0 Å². The maximum Gasteiger partial charge on any atom is 0.185 e. The lowest BCUT2D eigenvalue weighted by Crippen LogP contribution is -2.24. The highest BCUT2D eigenvalue weighted by molar-refractivity contribution is 7.15. The molecule has 0 atom stereocenters. The van der Waals surface area contributed by atoms with Gasteiger partial charge in [-0.3, -0.25) is 0 Å². The number of nitrogens with zero attached hydrogens (tertiary/aromatic N) is 2. The lowest BCUT2D eigenvalue weighted by atomic mass is 9.85. The number of hydrogen-bond acceptors (Lipinski definition) is 4. The zero-order valence-corrected chi connectivity index (χ0v) is 13.5. The molecule has 2 rings (SSSR count). The van der Waals surface area contributed by atoms with E-state index in [4.69, 9.17) is 0 Å². The Morgan fingerprint density at radius 1 is 1.37 bits per heavy atom. The van der Waals surface area contributed by atoms with Crippen LogP contribution in [0.5, 0.6) is 0 Å². The highest BCUT2D eigenvalue weighted by atomic mass is 32.1. The zero-order valence-electron chi connectivity index (χ0n) is 12.7. The van der Waals surface area contributed by atoms with Crippen LogP contribution in [0.15, 0.2) is 6.20 Å². The predicted molar refractivity (Wildman–Crippen MR) is 83.9 cm³/mol. The van der Waals surface area contributed by atoms with E-state index < -0.39 is 0 Å². The van der Waals surface area contributed by atoms with Crippen molar-refractivity contribution in [1.82, 2.24) is 10.3 Å². The lowest BCUT2D eigenvalue weighted by Gasteiger charge is -2.22. The van der Waals surface area contributed by atoms with Crippen LogP contribution in [0.2, 0.25) is 0 Å². The molecule has 1 aromatic rings. The van der Waals surface area contributed by atoms with Gasteiger partial charge in [0.2, 0.25) is 0 Å². The van der Waals surface area contributed by atoms with Crippen molar-refractivity contribution in [3.8, 4) is 0 Å². The van der Waals surface area contributed by atoms with Crippen LogP contribution in [0, 0.1) is 5.41 Å². The molecule has 0 saturated carbocycles. The van der Waals surface area contributed by atoms with E-state index in [0.717, 1.165) is 19.6 Å². The average molecular weight is 281 g/mol. The molecule has 0 bridgehead atoms.